The molecule has 0 aliphatic heterocycles. The molecule has 0 N–H and O–H groups in total. The number of rotatable bonds is 3. The van der Waals surface area contributed by atoms with Crippen LogP contribution in [0.1, 0.15) is 6.92 Å². The zero-order valence-corrected chi connectivity index (χ0v) is 6.70. The second-order valence-corrected chi connectivity index (χ2v) is 2.03. The van der Waals surface area contributed by atoms with Crippen molar-refractivity contribution < 1.29 is 9.47 Å². The molecule has 11 heavy (non-hydrogen) atoms. The molecule has 0 aliphatic rings. The predicted molar refractivity (Wildman–Crippen MR) is 43.6 cm³/mol. The molecule has 0 saturated heterocycles. The van der Waals surface area contributed by atoms with Crippen LogP contribution in [-0.4, -0.2) is 7.11 Å². The molecule has 1 aromatic rings. The highest BCUT2D eigenvalue weighted by molar-refractivity contribution is 5.32. The fourth-order valence-corrected chi connectivity index (χ4v) is 0.811. The van der Waals surface area contributed by atoms with Crippen molar-refractivity contribution in [3.05, 3.63) is 30.9 Å². The third-order valence-corrected chi connectivity index (χ3v) is 1.30. The monoisotopic (exact) mass is 151 g/mol. The largest absolute Gasteiger partial charge is 0.497 e. The third-order valence-electron chi connectivity index (χ3n) is 1.30. The maximum atomic E-state index is 5.14. The average Bonchev–Trinajstić information content (AvgIpc) is 2.06. The van der Waals surface area contributed by atoms with Crippen LogP contribution in [0, 0.1) is 6.61 Å². The van der Waals surface area contributed by atoms with Crippen molar-refractivity contribution in [2.24, 2.45) is 0 Å². The van der Waals surface area contributed by atoms with Gasteiger partial charge in [-0.1, -0.05) is 6.07 Å². The van der Waals surface area contributed by atoms with Crippen LogP contribution in [0.4, 0.5) is 0 Å². The van der Waals surface area contributed by atoms with E-state index >= 15 is 0 Å². The van der Waals surface area contributed by atoms with Crippen LogP contribution >= 0.6 is 0 Å². The Balaban J connectivity index is 2.74. The van der Waals surface area contributed by atoms with Gasteiger partial charge in [-0.2, -0.15) is 0 Å². The normalized spacial score (nSPS) is 9.27. The van der Waals surface area contributed by atoms with E-state index in [0.29, 0.717) is 0 Å². The Kier molecular flexibility index (Phi) is 2.78. The number of hydrogen-bond donors (Lipinski definition) is 0. The van der Waals surface area contributed by atoms with Crippen LogP contribution in [0.15, 0.2) is 24.3 Å². The summed E-state index contributed by atoms with van der Waals surface area (Å²) in [6.07, 6.45) is 0. The molecule has 0 heterocycles. The summed E-state index contributed by atoms with van der Waals surface area (Å²) in [7, 11) is 1.63. The van der Waals surface area contributed by atoms with Crippen molar-refractivity contribution in [1.82, 2.24) is 0 Å². The summed E-state index contributed by atoms with van der Waals surface area (Å²) in [5.74, 6) is 1.61. The van der Waals surface area contributed by atoms with Crippen LogP contribution in [-0.2, 0) is 0 Å². The topological polar surface area (TPSA) is 18.5 Å². The molecule has 1 radical (unpaired) electrons. The zero-order valence-electron chi connectivity index (χ0n) is 6.70. The van der Waals surface area contributed by atoms with E-state index in [4.69, 9.17) is 9.47 Å². The highest BCUT2D eigenvalue weighted by Crippen LogP contribution is 2.18. The van der Waals surface area contributed by atoms with Gasteiger partial charge in [0.05, 0.1) is 7.11 Å². The highest BCUT2D eigenvalue weighted by atomic mass is 16.5. The van der Waals surface area contributed by atoms with Gasteiger partial charge >= 0.3 is 0 Å². The van der Waals surface area contributed by atoms with E-state index in [1.54, 1.807) is 13.7 Å². The number of hydrogen-bond acceptors (Lipinski definition) is 2. The predicted octanol–water partition coefficient (Wildman–Crippen LogP) is 2.26. The van der Waals surface area contributed by atoms with Crippen LogP contribution in [0.25, 0.3) is 0 Å². The van der Waals surface area contributed by atoms with Gasteiger partial charge in [0.2, 0.25) is 0 Å². The Morgan fingerprint density at radius 1 is 1.27 bits per heavy atom. The van der Waals surface area contributed by atoms with Crippen molar-refractivity contribution in [3.8, 4) is 11.5 Å². The second kappa shape index (κ2) is 3.86. The SMILES string of the molecule is C[CH]Oc1cccc(OC)c1. The Bertz CT molecular complexity index is 221. The quantitative estimate of drug-likeness (QED) is 0.659. The van der Waals surface area contributed by atoms with Crippen molar-refractivity contribution in [1.29, 1.82) is 0 Å². The van der Waals surface area contributed by atoms with Crippen molar-refractivity contribution in [3.63, 3.8) is 0 Å². The maximum absolute atomic E-state index is 5.14. The molecular formula is C9H11O2. The summed E-state index contributed by atoms with van der Waals surface area (Å²) in [6.45, 7) is 3.47. The lowest BCUT2D eigenvalue weighted by atomic mass is 10.3. The van der Waals surface area contributed by atoms with Crippen LogP contribution < -0.4 is 9.47 Å². The zero-order chi connectivity index (χ0) is 8.10. The standard InChI is InChI=1S/C9H11O2/c1-3-11-9-6-4-5-8(7-9)10-2/h3-7H,1-2H3. The molecule has 2 nitrogen and oxygen atoms in total. The summed E-state index contributed by atoms with van der Waals surface area (Å²) >= 11 is 0. The first-order chi connectivity index (χ1) is 5.36. The van der Waals surface area contributed by atoms with Gasteiger partial charge in [0, 0.05) is 6.07 Å². The molecule has 1 aromatic carbocycles. The van der Waals surface area contributed by atoms with Gasteiger partial charge in [-0.25, -0.2) is 0 Å². The first kappa shape index (κ1) is 7.92. The lowest BCUT2D eigenvalue weighted by molar-refractivity contribution is 0.395. The first-order valence-corrected chi connectivity index (χ1v) is 3.45. The van der Waals surface area contributed by atoms with E-state index in [1.807, 2.05) is 31.2 Å². The number of methoxy groups -OCH3 is 1. The minimum absolute atomic E-state index is 0.798. The molecule has 0 aromatic heterocycles. The molecule has 0 fully saturated rings. The maximum Gasteiger partial charge on any atom is 0.132 e. The van der Waals surface area contributed by atoms with Gasteiger partial charge in [-0.05, 0) is 19.1 Å². The molecular weight excluding hydrogens is 140 g/mol. The van der Waals surface area contributed by atoms with Gasteiger partial charge < -0.3 is 9.47 Å². The van der Waals surface area contributed by atoms with Crippen LogP contribution in [0.2, 0.25) is 0 Å². The Morgan fingerprint density at radius 2 is 2.00 bits per heavy atom. The first-order valence-electron chi connectivity index (χ1n) is 3.45. The summed E-state index contributed by atoms with van der Waals surface area (Å²) < 4.78 is 10.2. The van der Waals surface area contributed by atoms with E-state index in [0.717, 1.165) is 11.5 Å². The summed E-state index contributed by atoms with van der Waals surface area (Å²) in [4.78, 5) is 0. The number of ether oxygens (including phenoxy) is 2. The van der Waals surface area contributed by atoms with Gasteiger partial charge in [-0.3, -0.25) is 0 Å². The Morgan fingerprint density at radius 3 is 2.64 bits per heavy atom. The lowest BCUT2D eigenvalue weighted by Gasteiger charge is -2.03. The smallest absolute Gasteiger partial charge is 0.132 e. The Hall–Kier alpha value is -1.18. The van der Waals surface area contributed by atoms with Crippen molar-refractivity contribution in [2.45, 2.75) is 6.92 Å². The molecule has 0 aliphatic carbocycles. The molecule has 1 rings (SSSR count). The third kappa shape index (κ3) is 2.15. The average molecular weight is 151 g/mol. The van der Waals surface area contributed by atoms with E-state index in [1.165, 1.54) is 0 Å². The molecule has 59 valence electrons. The minimum atomic E-state index is 0.798. The summed E-state index contributed by atoms with van der Waals surface area (Å²) in [5, 5.41) is 0. The van der Waals surface area contributed by atoms with E-state index in [-0.39, 0.29) is 0 Å². The summed E-state index contributed by atoms with van der Waals surface area (Å²) in [5.41, 5.74) is 0. The van der Waals surface area contributed by atoms with E-state index < -0.39 is 0 Å². The van der Waals surface area contributed by atoms with E-state index in [9.17, 15) is 0 Å². The summed E-state index contributed by atoms with van der Waals surface area (Å²) in [6, 6.07) is 7.47. The van der Waals surface area contributed by atoms with Gasteiger partial charge in [0.25, 0.3) is 0 Å². The highest BCUT2D eigenvalue weighted by Gasteiger charge is 1.93. The van der Waals surface area contributed by atoms with Gasteiger partial charge in [0.15, 0.2) is 0 Å². The molecule has 0 atom stereocenters. The van der Waals surface area contributed by atoms with E-state index in [2.05, 4.69) is 0 Å². The van der Waals surface area contributed by atoms with Crippen LogP contribution in [0.3, 0.4) is 0 Å². The van der Waals surface area contributed by atoms with Crippen molar-refractivity contribution >= 4 is 0 Å². The fraction of sp³-hybridized carbons (Fsp3) is 0.222. The Labute approximate surface area is 66.8 Å². The van der Waals surface area contributed by atoms with Gasteiger partial charge in [0.1, 0.15) is 18.1 Å². The number of benzene rings is 1. The van der Waals surface area contributed by atoms with Crippen LogP contribution in [0.5, 0.6) is 11.5 Å². The molecule has 2 heteroatoms. The lowest BCUT2D eigenvalue weighted by Crippen LogP contribution is -1.86. The molecule has 0 bridgehead atoms. The van der Waals surface area contributed by atoms with Gasteiger partial charge in [-0.15, -0.1) is 0 Å². The molecule has 0 saturated carbocycles. The molecule has 0 amide bonds. The fourth-order valence-electron chi connectivity index (χ4n) is 0.811. The van der Waals surface area contributed by atoms with Crippen molar-refractivity contribution in [2.75, 3.05) is 7.11 Å². The molecule has 0 spiro atoms. The molecule has 0 unspecified atom stereocenters. The second-order valence-electron chi connectivity index (χ2n) is 2.03. The minimum Gasteiger partial charge on any atom is -0.497 e.